The van der Waals surface area contributed by atoms with Crippen LogP contribution in [0, 0.1) is 5.41 Å². The van der Waals surface area contributed by atoms with Crippen molar-refractivity contribution < 1.29 is 22.7 Å². The predicted octanol–water partition coefficient (Wildman–Crippen LogP) is 5.16. The van der Waals surface area contributed by atoms with Gasteiger partial charge in [-0.2, -0.15) is 18.2 Å². The van der Waals surface area contributed by atoms with Crippen LogP contribution in [0.25, 0.3) is 0 Å². The van der Waals surface area contributed by atoms with Gasteiger partial charge in [0.15, 0.2) is 0 Å². The van der Waals surface area contributed by atoms with Crippen LogP contribution in [0.1, 0.15) is 68.4 Å². The number of piperidine rings is 1. The summed E-state index contributed by atoms with van der Waals surface area (Å²) in [6, 6.07) is 7.07. The Labute approximate surface area is 281 Å². The Balaban J connectivity index is 1.02. The Kier molecular flexibility index (Phi) is 9.72. The molecule has 5 aliphatic rings. The summed E-state index contributed by atoms with van der Waals surface area (Å²) in [6.45, 7) is 8.81. The number of carbonyl (C=O) groups excluding carboxylic acids is 1. The second kappa shape index (κ2) is 14.0. The first kappa shape index (κ1) is 33.3. The number of benzene rings is 1. The molecule has 48 heavy (non-hydrogen) atoms. The third-order valence-electron chi connectivity index (χ3n) is 10.9. The quantitative estimate of drug-likeness (QED) is 0.356. The van der Waals surface area contributed by atoms with Crippen LogP contribution in [-0.2, 0) is 15.7 Å². The third kappa shape index (κ3) is 8.00. The standard InChI is InChI=1S/C35H49F3N8O2/c1-43-12-8-26(9-13-43)44-14-16-45(17-15-44)27-6-7-30(28(21-27)25-4-5-25)41-33-39-22-29(35(36,37)38)32(42-33)40-23-34(10-11-34)24-46-18-20-48-19-2-3-31(46)47/h6-7,21-22,25-26H,2-5,8-20,23-24H2,1H3,(H2,39,40,41,42). The Morgan fingerprint density at radius 3 is 2.48 bits per heavy atom. The molecule has 10 nitrogen and oxygen atoms in total. The molecule has 2 aliphatic carbocycles. The molecular formula is C35H49F3N8O2. The molecule has 1 aromatic heterocycles. The summed E-state index contributed by atoms with van der Waals surface area (Å²) in [5, 5.41) is 6.29. The van der Waals surface area contributed by atoms with E-state index in [1.54, 1.807) is 0 Å². The van der Waals surface area contributed by atoms with Gasteiger partial charge in [-0.15, -0.1) is 0 Å². The molecule has 0 unspecified atom stereocenters. The van der Waals surface area contributed by atoms with Crippen molar-refractivity contribution in [1.29, 1.82) is 0 Å². The molecule has 7 rings (SSSR count). The van der Waals surface area contributed by atoms with Crippen LogP contribution in [0.2, 0.25) is 0 Å². The predicted molar refractivity (Wildman–Crippen MR) is 180 cm³/mol. The fourth-order valence-electron chi connectivity index (χ4n) is 7.50. The first-order valence-corrected chi connectivity index (χ1v) is 17.8. The zero-order valence-electron chi connectivity index (χ0n) is 28.0. The van der Waals surface area contributed by atoms with Gasteiger partial charge in [0.1, 0.15) is 11.4 Å². The molecule has 4 heterocycles. The minimum absolute atomic E-state index is 0.0847. The van der Waals surface area contributed by atoms with Crippen LogP contribution in [0.5, 0.6) is 0 Å². The highest BCUT2D eigenvalue weighted by Gasteiger charge is 2.45. The maximum absolute atomic E-state index is 14.1. The number of carbonyl (C=O) groups is 1. The topological polar surface area (TPSA) is 89.1 Å². The van der Waals surface area contributed by atoms with E-state index in [1.807, 2.05) is 11.0 Å². The molecule has 1 amide bonds. The van der Waals surface area contributed by atoms with Crippen LogP contribution in [-0.4, -0.2) is 116 Å². The maximum atomic E-state index is 14.1. The van der Waals surface area contributed by atoms with E-state index < -0.39 is 11.7 Å². The van der Waals surface area contributed by atoms with E-state index in [4.69, 9.17) is 4.74 Å². The summed E-state index contributed by atoms with van der Waals surface area (Å²) >= 11 is 0. The normalized spacial score (nSPS) is 23.1. The molecule has 13 heteroatoms. The van der Waals surface area contributed by atoms with Crippen molar-refractivity contribution >= 4 is 29.0 Å². The summed E-state index contributed by atoms with van der Waals surface area (Å²) in [5.74, 6) is 0.404. The second-order valence-corrected chi connectivity index (χ2v) is 14.6. The third-order valence-corrected chi connectivity index (χ3v) is 10.9. The zero-order valence-corrected chi connectivity index (χ0v) is 28.0. The summed E-state index contributed by atoms with van der Waals surface area (Å²) in [6.07, 6.45) is 3.72. The molecule has 0 radical (unpaired) electrons. The molecular weight excluding hydrogens is 621 g/mol. The first-order chi connectivity index (χ1) is 23.2. The molecule has 5 fully saturated rings. The van der Waals surface area contributed by atoms with E-state index in [9.17, 15) is 18.0 Å². The summed E-state index contributed by atoms with van der Waals surface area (Å²) in [5.41, 5.74) is 2.04. The van der Waals surface area contributed by atoms with Gasteiger partial charge in [-0.3, -0.25) is 9.69 Å². The number of piperazine rings is 1. The van der Waals surface area contributed by atoms with E-state index in [0.29, 0.717) is 57.6 Å². The molecule has 0 spiro atoms. The van der Waals surface area contributed by atoms with Crippen LogP contribution >= 0.6 is 0 Å². The number of nitrogens with one attached hydrogen (secondary N) is 2. The summed E-state index contributed by atoms with van der Waals surface area (Å²) in [7, 11) is 2.20. The number of halogens is 3. The van der Waals surface area contributed by atoms with E-state index in [1.165, 1.54) is 37.2 Å². The van der Waals surface area contributed by atoms with Gasteiger partial charge in [0.05, 0.1) is 6.61 Å². The van der Waals surface area contributed by atoms with E-state index in [0.717, 1.165) is 63.7 Å². The van der Waals surface area contributed by atoms with E-state index in [-0.39, 0.29) is 23.1 Å². The van der Waals surface area contributed by atoms with Crippen LogP contribution in [0.3, 0.4) is 0 Å². The lowest BCUT2D eigenvalue weighted by atomic mass is 10.0. The van der Waals surface area contributed by atoms with Crippen LogP contribution in [0.15, 0.2) is 24.4 Å². The number of ether oxygens (including phenoxy) is 1. The van der Waals surface area contributed by atoms with Gasteiger partial charge in [-0.25, -0.2) is 4.98 Å². The molecule has 262 valence electrons. The van der Waals surface area contributed by atoms with Gasteiger partial charge < -0.3 is 30.1 Å². The molecule has 0 bridgehead atoms. The van der Waals surface area contributed by atoms with E-state index >= 15 is 0 Å². The molecule has 3 saturated heterocycles. The van der Waals surface area contributed by atoms with Crippen LogP contribution in [0.4, 0.5) is 36.3 Å². The maximum Gasteiger partial charge on any atom is 0.421 e. The van der Waals surface area contributed by atoms with Crippen molar-refractivity contribution in [3.05, 3.63) is 35.5 Å². The van der Waals surface area contributed by atoms with Gasteiger partial charge in [0.25, 0.3) is 0 Å². The number of hydrogen-bond donors (Lipinski definition) is 2. The highest BCUT2D eigenvalue weighted by Crippen LogP contribution is 2.48. The van der Waals surface area contributed by atoms with Crippen molar-refractivity contribution in [2.24, 2.45) is 5.41 Å². The van der Waals surface area contributed by atoms with Crippen LogP contribution < -0.4 is 15.5 Å². The minimum atomic E-state index is -4.61. The molecule has 1 aromatic carbocycles. The minimum Gasteiger partial charge on any atom is -0.380 e. The Morgan fingerprint density at radius 2 is 1.77 bits per heavy atom. The fraction of sp³-hybridized carbons (Fsp3) is 0.686. The van der Waals surface area contributed by atoms with Gasteiger partial charge >= 0.3 is 6.18 Å². The highest BCUT2D eigenvalue weighted by molar-refractivity contribution is 5.76. The number of anilines is 4. The average molecular weight is 671 g/mol. The van der Waals surface area contributed by atoms with Crippen molar-refractivity contribution in [2.75, 3.05) is 94.7 Å². The SMILES string of the molecule is CN1CCC(N2CCN(c3ccc(Nc4ncc(C(F)(F)F)c(NCC5(CN6CCOCCCC6=O)CC5)n4)c(C4CC4)c3)CC2)CC1. The smallest absolute Gasteiger partial charge is 0.380 e. The van der Waals surface area contributed by atoms with Crippen molar-refractivity contribution in [2.45, 2.75) is 69.5 Å². The Bertz CT molecular complexity index is 1430. The number of amides is 1. The largest absolute Gasteiger partial charge is 0.421 e. The van der Waals surface area contributed by atoms with Gasteiger partial charge in [0.2, 0.25) is 11.9 Å². The molecule has 2 N–H and O–H groups in total. The lowest BCUT2D eigenvalue weighted by Crippen LogP contribution is -2.53. The molecule has 3 aliphatic heterocycles. The van der Waals surface area contributed by atoms with Gasteiger partial charge in [-0.05, 0) is 94.8 Å². The summed E-state index contributed by atoms with van der Waals surface area (Å²) in [4.78, 5) is 30.5. The lowest BCUT2D eigenvalue weighted by molar-refractivity contribution is -0.137. The fourth-order valence-corrected chi connectivity index (χ4v) is 7.50. The Morgan fingerprint density at radius 1 is 1.00 bits per heavy atom. The van der Waals surface area contributed by atoms with Crippen molar-refractivity contribution in [3.8, 4) is 0 Å². The molecule has 2 aromatic rings. The first-order valence-electron chi connectivity index (χ1n) is 17.8. The van der Waals surface area contributed by atoms with Gasteiger partial charge in [0, 0.05) is 87.9 Å². The summed E-state index contributed by atoms with van der Waals surface area (Å²) < 4.78 is 47.8. The number of nitrogens with zero attached hydrogens (tertiary/aromatic N) is 6. The van der Waals surface area contributed by atoms with E-state index in [2.05, 4.69) is 54.5 Å². The number of rotatable bonds is 10. The second-order valence-electron chi connectivity index (χ2n) is 14.6. The number of alkyl halides is 3. The number of hydrogen-bond acceptors (Lipinski definition) is 9. The number of aromatic nitrogens is 2. The zero-order chi connectivity index (χ0) is 33.3. The Hall–Kier alpha value is -3.16. The van der Waals surface area contributed by atoms with Crippen molar-refractivity contribution in [1.82, 2.24) is 24.7 Å². The lowest BCUT2D eigenvalue weighted by Gasteiger charge is -2.43. The monoisotopic (exact) mass is 670 g/mol. The molecule has 0 atom stereocenters. The average Bonchev–Trinajstić information content (AvgIpc) is 4.01. The van der Waals surface area contributed by atoms with Crippen molar-refractivity contribution in [3.63, 3.8) is 0 Å². The number of likely N-dealkylation sites (tertiary alicyclic amines) is 1. The molecule has 2 saturated carbocycles. The highest BCUT2D eigenvalue weighted by atomic mass is 19.4. The van der Waals surface area contributed by atoms with Gasteiger partial charge in [-0.1, -0.05) is 0 Å².